The Morgan fingerprint density at radius 2 is 2.07 bits per heavy atom. The van der Waals surface area contributed by atoms with Crippen molar-refractivity contribution in [1.29, 1.82) is 0 Å². The first kappa shape index (κ1) is 10.8. The molecule has 0 unspecified atom stereocenters. The molecule has 2 heteroatoms. The van der Waals surface area contributed by atoms with Crippen molar-refractivity contribution in [3.05, 3.63) is 48.2 Å². The molecule has 1 aromatic carbocycles. The molecule has 2 N–H and O–H groups in total. The average molecular weight is 191 g/mol. The molecule has 2 nitrogen and oxygen atoms in total. The van der Waals surface area contributed by atoms with Crippen LogP contribution in [0.25, 0.3) is 0 Å². The zero-order valence-corrected chi connectivity index (χ0v) is 8.57. The molecule has 0 radical (unpaired) electrons. The number of hydrogen-bond acceptors (Lipinski definition) is 2. The molecule has 0 aliphatic heterocycles. The lowest BCUT2D eigenvalue weighted by atomic mass is 10.0. The highest BCUT2D eigenvalue weighted by atomic mass is 16.5. The number of nitrogens with two attached hydrogens (primary N) is 1. The monoisotopic (exact) mass is 191 g/mol. The number of rotatable bonds is 5. The maximum Gasteiger partial charge on any atom is 0.0906 e. The first-order valence-corrected chi connectivity index (χ1v) is 4.85. The molecular formula is C12H17NO. The Bertz CT molecular complexity index is 282. The van der Waals surface area contributed by atoms with E-state index in [1.165, 1.54) is 0 Å². The maximum absolute atomic E-state index is 5.99. The van der Waals surface area contributed by atoms with Crippen molar-refractivity contribution in [2.45, 2.75) is 19.4 Å². The Morgan fingerprint density at radius 3 is 2.64 bits per heavy atom. The van der Waals surface area contributed by atoms with Gasteiger partial charge in [0.15, 0.2) is 0 Å². The summed E-state index contributed by atoms with van der Waals surface area (Å²) in [5, 5.41) is 0. The van der Waals surface area contributed by atoms with Gasteiger partial charge in [-0.1, -0.05) is 36.9 Å². The Balaban J connectivity index is 2.50. The molecule has 0 saturated carbocycles. The van der Waals surface area contributed by atoms with Gasteiger partial charge in [0.05, 0.1) is 12.4 Å². The number of hydrogen-bond donors (Lipinski definition) is 1. The van der Waals surface area contributed by atoms with Gasteiger partial charge >= 0.3 is 0 Å². The maximum atomic E-state index is 5.99. The molecule has 0 amide bonds. The van der Waals surface area contributed by atoms with Crippen LogP contribution < -0.4 is 5.73 Å². The largest absolute Gasteiger partial charge is 0.499 e. The van der Waals surface area contributed by atoms with Crippen molar-refractivity contribution in [2.75, 3.05) is 6.61 Å². The fourth-order valence-corrected chi connectivity index (χ4v) is 1.33. The van der Waals surface area contributed by atoms with Crippen LogP contribution in [0.5, 0.6) is 0 Å². The van der Waals surface area contributed by atoms with Crippen LogP contribution in [0.1, 0.15) is 24.9 Å². The van der Waals surface area contributed by atoms with Crippen molar-refractivity contribution in [1.82, 2.24) is 0 Å². The normalized spacial score (nSPS) is 12.1. The topological polar surface area (TPSA) is 35.2 Å². The molecule has 0 fully saturated rings. The van der Waals surface area contributed by atoms with Gasteiger partial charge in [0, 0.05) is 12.5 Å². The van der Waals surface area contributed by atoms with E-state index in [0.717, 1.165) is 11.3 Å². The van der Waals surface area contributed by atoms with Crippen LogP contribution in [0.3, 0.4) is 0 Å². The second kappa shape index (κ2) is 5.45. The Kier molecular flexibility index (Phi) is 4.20. The van der Waals surface area contributed by atoms with Gasteiger partial charge in [-0.3, -0.25) is 0 Å². The Labute approximate surface area is 85.4 Å². The highest BCUT2D eigenvalue weighted by Gasteiger charge is 2.07. The summed E-state index contributed by atoms with van der Waals surface area (Å²) >= 11 is 0. The minimum atomic E-state index is -0.0183. The van der Waals surface area contributed by atoms with Crippen LogP contribution in [0.4, 0.5) is 0 Å². The summed E-state index contributed by atoms with van der Waals surface area (Å²) in [5.41, 5.74) is 7.10. The van der Waals surface area contributed by atoms with Crippen molar-refractivity contribution in [3.8, 4) is 0 Å². The highest BCUT2D eigenvalue weighted by Crippen LogP contribution is 2.17. The van der Waals surface area contributed by atoms with Gasteiger partial charge in [0.2, 0.25) is 0 Å². The zero-order valence-electron chi connectivity index (χ0n) is 8.57. The molecule has 0 aromatic heterocycles. The van der Waals surface area contributed by atoms with E-state index in [2.05, 4.69) is 6.58 Å². The Morgan fingerprint density at radius 1 is 1.43 bits per heavy atom. The summed E-state index contributed by atoms with van der Waals surface area (Å²) < 4.78 is 5.26. The van der Waals surface area contributed by atoms with Crippen molar-refractivity contribution in [2.24, 2.45) is 5.73 Å². The molecule has 14 heavy (non-hydrogen) atoms. The third kappa shape index (κ3) is 3.23. The summed E-state index contributed by atoms with van der Waals surface area (Å²) in [7, 11) is 0. The lowest BCUT2D eigenvalue weighted by molar-refractivity contribution is 0.215. The predicted octanol–water partition coefficient (Wildman–Crippen LogP) is 2.63. The van der Waals surface area contributed by atoms with E-state index in [1.807, 2.05) is 37.3 Å². The summed E-state index contributed by atoms with van der Waals surface area (Å²) in [4.78, 5) is 0. The van der Waals surface area contributed by atoms with Crippen LogP contribution in [0.15, 0.2) is 42.7 Å². The second-order valence-electron chi connectivity index (χ2n) is 3.19. The standard InChI is InChI=1S/C12H17NO/c1-3-14-10(2)9-12(13)11-7-5-4-6-8-11/h4-8,12H,2-3,9,13H2,1H3/t12-/m0/s1. The molecule has 0 spiro atoms. The quantitative estimate of drug-likeness (QED) is 0.726. The number of ether oxygens (including phenoxy) is 1. The van der Waals surface area contributed by atoms with Crippen LogP contribution in [-0.2, 0) is 4.74 Å². The molecule has 1 aromatic rings. The van der Waals surface area contributed by atoms with Crippen molar-refractivity contribution >= 4 is 0 Å². The minimum Gasteiger partial charge on any atom is -0.499 e. The third-order valence-corrected chi connectivity index (χ3v) is 2.02. The highest BCUT2D eigenvalue weighted by molar-refractivity contribution is 5.19. The average Bonchev–Trinajstić information content (AvgIpc) is 2.19. The molecule has 0 aliphatic carbocycles. The van der Waals surface area contributed by atoms with Gasteiger partial charge in [0.25, 0.3) is 0 Å². The molecule has 1 atom stereocenters. The summed E-state index contributed by atoms with van der Waals surface area (Å²) in [5.74, 6) is 0.754. The van der Waals surface area contributed by atoms with E-state index >= 15 is 0 Å². The molecule has 0 bridgehead atoms. The molecule has 0 aliphatic rings. The van der Waals surface area contributed by atoms with Gasteiger partial charge in [0.1, 0.15) is 0 Å². The van der Waals surface area contributed by atoms with Crippen LogP contribution in [-0.4, -0.2) is 6.61 Å². The first-order valence-electron chi connectivity index (χ1n) is 4.85. The fourth-order valence-electron chi connectivity index (χ4n) is 1.33. The lowest BCUT2D eigenvalue weighted by Crippen LogP contribution is -2.11. The summed E-state index contributed by atoms with van der Waals surface area (Å²) in [6, 6.07) is 9.97. The van der Waals surface area contributed by atoms with Gasteiger partial charge in [-0.15, -0.1) is 0 Å². The molecule has 76 valence electrons. The van der Waals surface area contributed by atoms with E-state index in [4.69, 9.17) is 10.5 Å². The second-order valence-corrected chi connectivity index (χ2v) is 3.19. The minimum absolute atomic E-state index is 0.0183. The molecule has 1 rings (SSSR count). The lowest BCUT2D eigenvalue weighted by Gasteiger charge is -2.13. The summed E-state index contributed by atoms with van der Waals surface area (Å²) in [6.07, 6.45) is 0.678. The summed E-state index contributed by atoms with van der Waals surface area (Å²) in [6.45, 7) is 6.40. The first-order chi connectivity index (χ1) is 6.74. The number of benzene rings is 1. The zero-order chi connectivity index (χ0) is 10.4. The van der Waals surface area contributed by atoms with Crippen LogP contribution in [0, 0.1) is 0 Å². The van der Waals surface area contributed by atoms with Gasteiger partial charge < -0.3 is 10.5 Å². The SMILES string of the molecule is C=C(C[C@H](N)c1ccccc1)OCC. The van der Waals surface area contributed by atoms with Gasteiger partial charge in [-0.25, -0.2) is 0 Å². The van der Waals surface area contributed by atoms with E-state index in [1.54, 1.807) is 0 Å². The molecule has 0 saturated heterocycles. The van der Waals surface area contributed by atoms with E-state index in [9.17, 15) is 0 Å². The van der Waals surface area contributed by atoms with Crippen LogP contribution in [0.2, 0.25) is 0 Å². The smallest absolute Gasteiger partial charge is 0.0906 e. The van der Waals surface area contributed by atoms with Crippen molar-refractivity contribution in [3.63, 3.8) is 0 Å². The van der Waals surface area contributed by atoms with Crippen molar-refractivity contribution < 1.29 is 4.74 Å². The molecular weight excluding hydrogens is 174 g/mol. The van der Waals surface area contributed by atoms with E-state index < -0.39 is 0 Å². The van der Waals surface area contributed by atoms with E-state index in [-0.39, 0.29) is 6.04 Å². The fraction of sp³-hybridized carbons (Fsp3) is 0.333. The predicted molar refractivity (Wildman–Crippen MR) is 58.8 cm³/mol. The Hall–Kier alpha value is -1.28. The van der Waals surface area contributed by atoms with Gasteiger partial charge in [-0.05, 0) is 12.5 Å². The molecule has 0 heterocycles. The van der Waals surface area contributed by atoms with E-state index in [0.29, 0.717) is 13.0 Å². The third-order valence-electron chi connectivity index (χ3n) is 2.02. The van der Waals surface area contributed by atoms with Crippen LogP contribution >= 0.6 is 0 Å². The van der Waals surface area contributed by atoms with Gasteiger partial charge in [-0.2, -0.15) is 0 Å².